The Balaban J connectivity index is 2.50. The van der Waals surface area contributed by atoms with E-state index in [0.29, 0.717) is 5.56 Å². The summed E-state index contributed by atoms with van der Waals surface area (Å²) < 4.78 is 1.79. The van der Waals surface area contributed by atoms with E-state index in [9.17, 15) is 4.79 Å². The SMILES string of the molecule is Cc1nn(-c2ccc(C=O)cn2)c(C)c1C. The van der Waals surface area contributed by atoms with Crippen LogP contribution < -0.4 is 0 Å². The zero-order valence-electron chi connectivity index (χ0n) is 9.56. The van der Waals surface area contributed by atoms with Crippen LogP contribution in [0.4, 0.5) is 0 Å². The average Bonchev–Trinajstić information content (AvgIpc) is 2.57. The number of carbonyl (C=O) groups excluding carboxylic acids is 1. The summed E-state index contributed by atoms with van der Waals surface area (Å²) in [6, 6.07) is 3.53. The standard InChI is InChI=1S/C12H13N3O/c1-8-9(2)14-15(10(8)3)12-5-4-11(7-16)6-13-12/h4-7H,1-3H3. The number of aldehydes is 1. The van der Waals surface area contributed by atoms with Crippen molar-refractivity contribution in [1.82, 2.24) is 14.8 Å². The molecule has 0 aromatic carbocycles. The van der Waals surface area contributed by atoms with Gasteiger partial charge in [0.25, 0.3) is 0 Å². The van der Waals surface area contributed by atoms with Crippen LogP contribution in [0.2, 0.25) is 0 Å². The van der Waals surface area contributed by atoms with Crippen molar-refractivity contribution < 1.29 is 4.79 Å². The first-order valence-corrected chi connectivity index (χ1v) is 5.08. The van der Waals surface area contributed by atoms with Crippen LogP contribution in [0.1, 0.15) is 27.3 Å². The number of hydrogen-bond donors (Lipinski definition) is 0. The molecular formula is C12H13N3O. The van der Waals surface area contributed by atoms with E-state index >= 15 is 0 Å². The zero-order valence-corrected chi connectivity index (χ0v) is 9.56. The van der Waals surface area contributed by atoms with Crippen molar-refractivity contribution in [3.8, 4) is 5.82 Å². The molecule has 4 heteroatoms. The lowest BCUT2D eigenvalue weighted by Gasteiger charge is -2.03. The van der Waals surface area contributed by atoms with E-state index in [1.54, 1.807) is 23.0 Å². The molecule has 16 heavy (non-hydrogen) atoms. The van der Waals surface area contributed by atoms with Crippen molar-refractivity contribution in [2.45, 2.75) is 20.8 Å². The molecule has 0 amide bonds. The number of carbonyl (C=O) groups is 1. The summed E-state index contributed by atoms with van der Waals surface area (Å²) in [5.41, 5.74) is 3.81. The molecule has 0 aliphatic heterocycles. The van der Waals surface area contributed by atoms with Crippen molar-refractivity contribution in [3.63, 3.8) is 0 Å². The van der Waals surface area contributed by atoms with E-state index in [2.05, 4.69) is 10.1 Å². The van der Waals surface area contributed by atoms with Crippen molar-refractivity contribution in [2.75, 3.05) is 0 Å². The van der Waals surface area contributed by atoms with Gasteiger partial charge in [-0.05, 0) is 38.5 Å². The molecule has 0 saturated heterocycles. The van der Waals surface area contributed by atoms with Gasteiger partial charge in [-0.25, -0.2) is 9.67 Å². The Labute approximate surface area is 93.9 Å². The first-order valence-electron chi connectivity index (χ1n) is 5.08. The quantitative estimate of drug-likeness (QED) is 0.720. The molecule has 0 unspecified atom stereocenters. The molecule has 2 aromatic rings. The van der Waals surface area contributed by atoms with Gasteiger partial charge in [-0.1, -0.05) is 0 Å². The van der Waals surface area contributed by atoms with Crippen molar-refractivity contribution in [3.05, 3.63) is 40.8 Å². The highest BCUT2D eigenvalue weighted by Gasteiger charge is 2.09. The maximum atomic E-state index is 10.5. The van der Waals surface area contributed by atoms with Gasteiger partial charge in [0.05, 0.1) is 5.69 Å². The van der Waals surface area contributed by atoms with Crippen LogP contribution >= 0.6 is 0 Å². The molecule has 0 fully saturated rings. The second-order valence-corrected chi connectivity index (χ2v) is 3.78. The van der Waals surface area contributed by atoms with E-state index in [1.165, 1.54) is 5.56 Å². The predicted molar refractivity (Wildman–Crippen MR) is 61.0 cm³/mol. The fourth-order valence-electron chi connectivity index (χ4n) is 1.54. The Morgan fingerprint density at radius 1 is 1.25 bits per heavy atom. The summed E-state index contributed by atoms with van der Waals surface area (Å²) in [5, 5.41) is 4.40. The van der Waals surface area contributed by atoms with Gasteiger partial charge >= 0.3 is 0 Å². The van der Waals surface area contributed by atoms with Crippen LogP contribution in [0.25, 0.3) is 5.82 Å². The Hall–Kier alpha value is -1.97. The van der Waals surface area contributed by atoms with Gasteiger partial charge in [0.1, 0.15) is 0 Å². The molecule has 0 atom stereocenters. The fourth-order valence-corrected chi connectivity index (χ4v) is 1.54. The second-order valence-electron chi connectivity index (χ2n) is 3.78. The summed E-state index contributed by atoms with van der Waals surface area (Å²) in [4.78, 5) is 14.7. The maximum Gasteiger partial charge on any atom is 0.153 e. The van der Waals surface area contributed by atoms with Crippen molar-refractivity contribution in [1.29, 1.82) is 0 Å². The summed E-state index contributed by atoms with van der Waals surface area (Å²) in [5.74, 6) is 0.735. The van der Waals surface area contributed by atoms with Gasteiger partial charge in [-0.3, -0.25) is 4.79 Å². The Morgan fingerprint density at radius 3 is 2.44 bits per heavy atom. The van der Waals surface area contributed by atoms with Crippen molar-refractivity contribution >= 4 is 6.29 Å². The van der Waals surface area contributed by atoms with Crippen molar-refractivity contribution in [2.24, 2.45) is 0 Å². The third-order valence-electron chi connectivity index (χ3n) is 2.78. The lowest BCUT2D eigenvalue weighted by molar-refractivity contribution is 0.112. The molecule has 0 N–H and O–H groups in total. The smallest absolute Gasteiger partial charge is 0.153 e. The van der Waals surface area contributed by atoms with E-state index in [-0.39, 0.29) is 0 Å². The molecule has 82 valence electrons. The molecule has 2 heterocycles. The minimum Gasteiger partial charge on any atom is -0.298 e. The van der Waals surface area contributed by atoms with Crippen LogP contribution in [-0.2, 0) is 0 Å². The minimum atomic E-state index is 0.571. The number of aryl methyl sites for hydroxylation is 1. The van der Waals surface area contributed by atoms with E-state index < -0.39 is 0 Å². The van der Waals surface area contributed by atoms with Gasteiger partial charge in [-0.2, -0.15) is 5.10 Å². The van der Waals surface area contributed by atoms with Gasteiger partial charge in [-0.15, -0.1) is 0 Å². The van der Waals surface area contributed by atoms with Gasteiger partial charge < -0.3 is 0 Å². The van der Waals surface area contributed by atoms with Crippen LogP contribution in [0.3, 0.4) is 0 Å². The lowest BCUT2D eigenvalue weighted by Crippen LogP contribution is -2.02. The molecular weight excluding hydrogens is 202 g/mol. The second kappa shape index (κ2) is 3.89. The lowest BCUT2D eigenvalue weighted by atomic mass is 10.2. The third kappa shape index (κ3) is 1.62. The summed E-state index contributed by atoms with van der Waals surface area (Å²) in [6.45, 7) is 6.01. The number of nitrogens with zero attached hydrogens (tertiary/aromatic N) is 3. The highest BCUT2D eigenvalue weighted by molar-refractivity contribution is 5.74. The molecule has 0 aliphatic rings. The number of aromatic nitrogens is 3. The fraction of sp³-hybridized carbons (Fsp3) is 0.250. The zero-order chi connectivity index (χ0) is 11.7. The third-order valence-corrected chi connectivity index (χ3v) is 2.78. The molecule has 0 radical (unpaired) electrons. The van der Waals surface area contributed by atoms with Crippen LogP contribution in [-0.4, -0.2) is 21.1 Å². The van der Waals surface area contributed by atoms with Gasteiger partial charge in [0, 0.05) is 17.5 Å². The van der Waals surface area contributed by atoms with Crippen LogP contribution in [0, 0.1) is 20.8 Å². The first-order chi connectivity index (χ1) is 7.63. The summed E-state index contributed by atoms with van der Waals surface area (Å²) in [6.07, 6.45) is 2.33. The number of rotatable bonds is 2. The molecule has 2 rings (SSSR count). The maximum absolute atomic E-state index is 10.5. The Kier molecular flexibility index (Phi) is 2.56. The first kappa shape index (κ1) is 10.5. The molecule has 0 saturated carbocycles. The summed E-state index contributed by atoms with van der Waals surface area (Å²) >= 11 is 0. The van der Waals surface area contributed by atoms with Crippen LogP contribution in [0.15, 0.2) is 18.3 Å². The Bertz CT molecular complexity index is 526. The summed E-state index contributed by atoms with van der Waals surface area (Å²) in [7, 11) is 0. The van der Waals surface area contributed by atoms with Gasteiger partial charge in [0.2, 0.25) is 0 Å². The average molecular weight is 215 g/mol. The monoisotopic (exact) mass is 215 g/mol. The molecule has 4 nitrogen and oxygen atoms in total. The minimum absolute atomic E-state index is 0.571. The largest absolute Gasteiger partial charge is 0.298 e. The molecule has 2 aromatic heterocycles. The Morgan fingerprint density at radius 2 is 2.00 bits per heavy atom. The van der Waals surface area contributed by atoms with E-state index in [4.69, 9.17) is 0 Å². The molecule has 0 aliphatic carbocycles. The normalized spacial score (nSPS) is 10.4. The number of pyridine rings is 1. The van der Waals surface area contributed by atoms with E-state index in [0.717, 1.165) is 23.5 Å². The van der Waals surface area contributed by atoms with Gasteiger partial charge in [0.15, 0.2) is 12.1 Å². The van der Waals surface area contributed by atoms with Crippen LogP contribution in [0.5, 0.6) is 0 Å². The topological polar surface area (TPSA) is 47.8 Å². The molecule has 0 spiro atoms. The highest BCUT2D eigenvalue weighted by Crippen LogP contribution is 2.15. The predicted octanol–water partition coefficient (Wildman–Crippen LogP) is 2.01. The molecule has 0 bridgehead atoms. The highest BCUT2D eigenvalue weighted by atomic mass is 16.1. The van der Waals surface area contributed by atoms with E-state index in [1.807, 2.05) is 20.8 Å². The number of hydrogen-bond acceptors (Lipinski definition) is 3.